The number of benzene rings is 2. The van der Waals surface area contributed by atoms with Crippen LogP contribution in [0.25, 0.3) is 22.1 Å². The summed E-state index contributed by atoms with van der Waals surface area (Å²) in [4.78, 5) is 9.50. The third-order valence-corrected chi connectivity index (χ3v) is 8.01. The zero-order chi connectivity index (χ0) is 21.3. The van der Waals surface area contributed by atoms with Crippen molar-refractivity contribution >= 4 is 43.9 Å². The lowest BCUT2D eigenvalue weighted by Crippen LogP contribution is -2.30. The highest BCUT2D eigenvalue weighted by atomic mass is 32.2. The van der Waals surface area contributed by atoms with Gasteiger partial charge in [-0.15, -0.1) is 0 Å². The molecule has 0 aliphatic rings. The molecule has 0 amide bonds. The highest BCUT2D eigenvalue weighted by Crippen LogP contribution is 2.29. The van der Waals surface area contributed by atoms with Crippen molar-refractivity contribution in [3.05, 3.63) is 48.4 Å². The van der Waals surface area contributed by atoms with Crippen molar-refractivity contribution in [2.24, 2.45) is 0 Å². The van der Waals surface area contributed by atoms with Crippen LogP contribution in [0.1, 0.15) is 26.7 Å². The highest BCUT2D eigenvalue weighted by molar-refractivity contribution is 7.98. The molecular weight excluding hydrogens is 420 g/mol. The van der Waals surface area contributed by atoms with Crippen molar-refractivity contribution < 1.29 is 12.8 Å². The fourth-order valence-corrected chi connectivity index (χ4v) is 5.89. The van der Waals surface area contributed by atoms with E-state index in [0.29, 0.717) is 30.2 Å². The summed E-state index contributed by atoms with van der Waals surface area (Å²) >= 11 is 1.53. The number of imidazole rings is 1. The normalized spacial score (nSPS) is 12.4. The summed E-state index contributed by atoms with van der Waals surface area (Å²) in [5.41, 5.74) is 3.19. The molecule has 30 heavy (non-hydrogen) atoms. The van der Waals surface area contributed by atoms with E-state index in [4.69, 9.17) is 9.40 Å². The van der Waals surface area contributed by atoms with E-state index >= 15 is 0 Å². The first-order valence-corrected chi connectivity index (χ1v) is 12.4. The van der Waals surface area contributed by atoms with Crippen LogP contribution in [-0.2, 0) is 22.3 Å². The van der Waals surface area contributed by atoms with E-state index in [1.165, 1.54) is 16.1 Å². The van der Waals surface area contributed by atoms with Crippen LogP contribution in [0.2, 0.25) is 0 Å². The number of para-hydroxylation sites is 2. The van der Waals surface area contributed by atoms with Crippen LogP contribution in [0.4, 0.5) is 0 Å². The molecular formula is C21H24N4O3S2. The predicted molar refractivity (Wildman–Crippen MR) is 119 cm³/mol. The number of rotatable bonds is 8. The molecule has 0 aliphatic heterocycles. The van der Waals surface area contributed by atoms with Crippen LogP contribution in [0.5, 0.6) is 0 Å². The summed E-state index contributed by atoms with van der Waals surface area (Å²) in [6.45, 7) is 7.33. The molecule has 0 atom stereocenters. The van der Waals surface area contributed by atoms with E-state index in [2.05, 4.69) is 9.55 Å². The molecule has 4 rings (SSSR count). The Labute approximate surface area is 180 Å². The molecule has 0 spiro atoms. The first-order valence-electron chi connectivity index (χ1n) is 9.95. The molecule has 158 valence electrons. The molecule has 2 aromatic carbocycles. The van der Waals surface area contributed by atoms with Gasteiger partial charge in [0.05, 0.1) is 21.7 Å². The molecule has 2 heterocycles. The fraction of sp³-hybridized carbons (Fsp3) is 0.333. The van der Waals surface area contributed by atoms with Crippen LogP contribution < -0.4 is 0 Å². The summed E-state index contributed by atoms with van der Waals surface area (Å²) < 4.78 is 35.1. The lowest BCUT2D eigenvalue weighted by atomic mass is 10.3. The minimum Gasteiger partial charge on any atom is -0.440 e. The summed E-state index contributed by atoms with van der Waals surface area (Å²) in [6, 6.07) is 12.8. The molecule has 4 aromatic rings. The molecule has 0 saturated carbocycles. The maximum absolute atomic E-state index is 12.9. The van der Waals surface area contributed by atoms with Crippen LogP contribution in [0.15, 0.2) is 56.9 Å². The van der Waals surface area contributed by atoms with E-state index in [-0.39, 0.29) is 4.90 Å². The second-order valence-electron chi connectivity index (χ2n) is 6.74. The number of hydrogen-bond donors (Lipinski definition) is 0. The Morgan fingerprint density at radius 2 is 1.80 bits per heavy atom. The minimum absolute atomic E-state index is 0.273. The summed E-state index contributed by atoms with van der Waals surface area (Å²) in [5.74, 6) is 1.18. The van der Waals surface area contributed by atoms with Gasteiger partial charge in [0.25, 0.3) is 0 Å². The van der Waals surface area contributed by atoms with E-state index < -0.39 is 10.0 Å². The smallest absolute Gasteiger partial charge is 0.243 e. The van der Waals surface area contributed by atoms with Gasteiger partial charge in [-0.25, -0.2) is 18.4 Å². The van der Waals surface area contributed by atoms with Crippen LogP contribution >= 0.6 is 11.8 Å². The maximum Gasteiger partial charge on any atom is 0.243 e. The molecule has 7 nitrogen and oxygen atoms in total. The number of oxazole rings is 1. The predicted octanol–water partition coefficient (Wildman–Crippen LogP) is 4.52. The van der Waals surface area contributed by atoms with Gasteiger partial charge in [-0.2, -0.15) is 4.31 Å². The second-order valence-corrected chi connectivity index (χ2v) is 9.62. The Kier molecular flexibility index (Phi) is 5.86. The van der Waals surface area contributed by atoms with Crippen LogP contribution in [-0.4, -0.2) is 40.3 Å². The van der Waals surface area contributed by atoms with Gasteiger partial charge in [-0.05, 0) is 37.3 Å². The third kappa shape index (κ3) is 3.73. The van der Waals surface area contributed by atoms with Gasteiger partial charge < -0.3 is 8.98 Å². The van der Waals surface area contributed by atoms with E-state index in [9.17, 15) is 8.42 Å². The van der Waals surface area contributed by atoms with Gasteiger partial charge in [0, 0.05) is 19.6 Å². The fourth-order valence-electron chi connectivity index (χ4n) is 3.48. The third-order valence-electron chi connectivity index (χ3n) is 5.01. The second kappa shape index (κ2) is 8.41. The van der Waals surface area contributed by atoms with Gasteiger partial charge in [0.2, 0.25) is 15.9 Å². The zero-order valence-corrected chi connectivity index (χ0v) is 18.8. The number of sulfonamides is 1. The molecule has 0 N–H and O–H groups in total. The highest BCUT2D eigenvalue weighted by Gasteiger charge is 2.23. The Balaban J connectivity index is 1.65. The van der Waals surface area contributed by atoms with Crippen molar-refractivity contribution in [2.45, 2.75) is 43.1 Å². The van der Waals surface area contributed by atoms with Crippen LogP contribution in [0, 0.1) is 0 Å². The van der Waals surface area contributed by atoms with Gasteiger partial charge in [0.15, 0.2) is 10.7 Å². The molecule has 0 fully saturated rings. The SMILES string of the molecule is CCN(CC)S(=O)(=O)c1ccc2c(c1)nc(SCc1nc3ccccc3o1)n2CC. The zero-order valence-electron chi connectivity index (χ0n) is 17.2. The van der Waals surface area contributed by atoms with E-state index in [1.54, 1.807) is 12.1 Å². The Hall–Kier alpha value is -2.36. The average Bonchev–Trinajstić information content (AvgIpc) is 3.32. The molecule has 0 radical (unpaired) electrons. The van der Waals surface area contributed by atoms with Gasteiger partial charge in [0.1, 0.15) is 5.52 Å². The van der Waals surface area contributed by atoms with Gasteiger partial charge in [-0.1, -0.05) is 37.7 Å². The molecule has 0 unspecified atom stereocenters. The Bertz CT molecular complexity index is 1260. The Morgan fingerprint density at radius 1 is 1.03 bits per heavy atom. The lowest BCUT2D eigenvalue weighted by Gasteiger charge is -2.18. The van der Waals surface area contributed by atoms with Crippen molar-refractivity contribution in [2.75, 3.05) is 13.1 Å². The molecule has 2 aromatic heterocycles. The lowest BCUT2D eigenvalue weighted by molar-refractivity contribution is 0.445. The summed E-state index contributed by atoms with van der Waals surface area (Å²) in [6.07, 6.45) is 0. The van der Waals surface area contributed by atoms with Crippen LogP contribution in [0.3, 0.4) is 0 Å². The van der Waals surface area contributed by atoms with Crippen molar-refractivity contribution in [3.8, 4) is 0 Å². The minimum atomic E-state index is -3.52. The number of aryl methyl sites for hydroxylation is 1. The topological polar surface area (TPSA) is 81.2 Å². The molecule has 0 aliphatic carbocycles. The van der Waals surface area contributed by atoms with Gasteiger partial charge >= 0.3 is 0 Å². The number of nitrogens with zero attached hydrogens (tertiary/aromatic N) is 4. The number of aromatic nitrogens is 3. The number of thioether (sulfide) groups is 1. The van der Waals surface area contributed by atoms with E-state index in [1.807, 2.05) is 51.1 Å². The molecule has 9 heteroatoms. The average molecular weight is 445 g/mol. The largest absolute Gasteiger partial charge is 0.440 e. The Morgan fingerprint density at radius 3 is 2.50 bits per heavy atom. The monoisotopic (exact) mass is 444 g/mol. The first-order chi connectivity index (χ1) is 14.5. The van der Waals surface area contributed by atoms with Crippen molar-refractivity contribution in [1.82, 2.24) is 18.8 Å². The number of fused-ring (bicyclic) bond motifs is 2. The quantitative estimate of drug-likeness (QED) is 0.372. The summed E-state index contributed by atoms with van der Waals surface area (Å²) in [5, 5.41) is 0.812. The first kappa shape index (κ1) is 20.9. The molecule has 0 saturated heterocycles. The van der Waals surface area contributed by atoms with Crippen molar-refractivity contribution in [1.29, 1.82) is 0 Å². The molecule has 0 bridgehead atoms. The van der Waals surface area contributed by atoms with Gasteiger partial charge in [-0.3, -0.25) is 0 Å². The maximum atomic E-state index is 12.9. The number of hydrogen-bond acceptors (Lipinski definition) is 6. The standard InChI is InChI=1S/C21H24N4O3S2/c1-4-24(5-2)30(26,27)15-11-12-18-17(13-15)23-21(25(18)6-3)29-14-20-22-16-9-7-8-10-19(16)28-20/h7-13H,4-6,14H2,1-3H3. The summed E-state index contributed by atoms with van der Waals surface area (Å²) in [7, 11) is -3.52. The van der Waals surface area contributed by atoms with Crippen molar-refractivity contribution in [3.63, 3.8) is 0 Å². The van der Waals surface area contributed by atoms with E-state index in [0.717, 1.165) is 28.3 Å².